The minimum absolute atomic E-state index is 0.166. The highest BCUT2D eigenvalue weighted by atomic mass is 19.1. The number of hydrogen-bond acceptors (Lipinski definition) is 7. The molecule has 34 heavy (non-hydrogen) atoms. The first kappa shape index (κ1) is 25.0. The van der Waals surface area contributed by atoms with Gasteiger partial charge < -0.3 is 25.4 Å². The van der Waals surface area contributed by atoms with E-state index in [1.54, 1.807) is 13.2 Å². The summed E-state index contributed by atoms with van der Waals surface area (Å²) in [5, 5.41) is 10.3. The number of nitrogens with zero attached hydrogens (tertiary/aromatic N) is 3. The van der Waals surface area contributed by atoms with Crippen LogP contribution in [0.1, 0.15) is 57.4 Å². The van der Waals surface area contributed by atoms with Gasteiger partial charge in [0.05, 0.1) is 18.4 Å². The molecule has 0 spiro atoms. The third-order valence-electron chi connectivity index (χ3n) is 7.16. The first-order chi connectivity index (χ1) is 16.5. The van der Waals surface area contributed by atoms with Crippen molar-refractivity contribution in [3.63, 3.8) is 0 Å². The maximum atomic E-state index is 14.7. The average molecular weight is 475 g/mol. The maximum absolute atomic E-state index is 14.7. The average Bonchev–Trinajstić information content (AvgIpc) is 2.86. The number of nitrogens with one attached hydrogen (secondary N) is 3. The first-order valence-electron chi connectivity index (χ1n) is 12.6. The summed E-state index contributed by atoms with van der Waals surface area (Å²) < 4.78 is 25.3. The highest BCUT2D eigenvalue weighted by Gasteiger charge is 2.28. The van der Waals surface area contributed by atoms with E-state index < -0.39 is 0 Å². The van der Waals surface area contributed by atoms with Crippen molar-refractivity contribution in [2.24, 2.45) is 15.4 Å². The predicted molar refractivity (Wildman–Crippen MR) is 133 cm³/mol. The van der Waals surface area contributed by atoms with Crippen LogP contribution in [0.4, 0.5) is 10.2 Å². The third kappa shape index (κ3) is 6.96. The summed E-state index contributed by atoms with van der Waals surface area (Å²) in [7, 11) is 1.72. The third-order valence-corrected chi connectivity index (χ3v) is 7.16. The number of halogens is 1. The molecule has 0 atom stereocenters. The van der Waals surface area contributed by atoms with Crippen molar-refractivity contribution in [3.05, 3.63) is 23.6 Å². The van der Waals surface area contributed by atoms with Gasteiger partial charge in [-0.3, -0.25) is 9.98 Å². The second kappa shape index (κ2) is 12.0. The van der Waals surface area contributed by atoms with Crippen molar-refractivity contribution in [2.75, 3.05) is 51.9 Å². The number of rotatable bonds is 9. The molecule has 0 amide bonds. The predicted octanol–water partition coefficient (Wildman–Crippen LogP) is 3.13. The van der Waals surface area contributed by atoms with Crippen molar-refractivity contribution >= 4 is 17.5 Å². The van der Waals surface area contributed by atoms with Crippen LogP contribution in [-0.4, -0.2) is 75.3 Å². The second-order valence-corrected chi connectivity index (χ2v) is 9.98. The SMILES string of the molecule is COCCNC1CCC(Nc2cc(C3=NCCC(=NCC4(C)CCOCC4)N3)c(F)cn2)CC1. The van der Waals surface area contributed by atoms with Crippen molar-refractivity contribution in [1.29, 1.82) is 0 Å². The smallest absolute Gasteiger partial charge is 0.152 e. The van der Waals surface area contributed by atoms with Crippen molar-refractivity contribution in [3.8, 4) is 0 Å². The molecule has 188 valence electrons. The van der Waals surface area contributed by atoms with Crippen LogP contribution in [0.15, 0.2) is 22.2 Å². The number of methoxy groups -OCH3 is 1. The van der Waals surface area contributed by atoms with Crippen LogP contribution >= 0.6 is 0 Å². The number of amidine groups is 2. The van der Waals surface area contributed by atoms with Crippen molar-refractivity contribution in [1.82, 2.24) is 15.6 Å². The zero-order valence-corrected chi connectivity index (χ0v) is 20.5. The lowest BCUT2D eigenvalue weighted by Crippen LogP contribution is -2.39. The van der Waals surface area contributed by atoms with E-state index in [0.29, 0.717) is 35.8 Å². The number of anilines is 1. The Morgan fingerprint density at radius 2 is 2.00 bits per heavy atom. The summed E-state index contributed by atoms with van der Waals surface area (Å²) in [6.07, 6.45) is 8.39. The van der Waals surface area contributed by atoms with Gasteiger partial charge >= 0.3 is 0 Å². The fourth-order valence-electron chi connectivity index (χ4n) is 4.81. The first-order valence-corrected chi connectivity index (χ1v) is 12.6. The van der Waals surface area contributed by atoms with Crippen LogP contribution in [0.5, 0.6) is 0 Å². The quantitative estimate of drug-likeness (QED) is 0.476. The van der Waals surface area contributed by atoms with Crippen LogP contribution in [0, 0.1) is 11.2 Å². The minimum atomic E-state index is -0.375. The fourth-order valence-corrected chi connectivity index (χ4v) is 4.81. The Morgan fingerprint density at radius 1 is 1.24 bits per heavy atom. The number of aliphatic imine (C=N–C) groups is 2. The van der Waals surface area contributed by atoms with E-state index in [1.807, 2.05) is 0 Å². The van der Waals surface area contributed by atoms with Crippen LogP contribution in [0.3, 0.4) is 0 Å². The van der Waals surface area contributed by atoms with Gasteiger partial charge in [0.2, 0.25) is 0 Å². The maximum Gasteiger partial charge on any atom is 0.152 e. The topological polar surface area (TPSA) is 92.2 Å². The Morgan fingerprint density at radius 3 is 2.76 bits per heavy atom. The zero-order chi connectivity index (χ0) is 23.8. The molecule has 1 aromatic rings. The van der Waals surface area contributed by atoms with Gasteiger partial charge in [-0.15, -0.1) is 0 Å². The lowest BCUT2D eigenvalue weighted by atomic mass is 9.82. The van der Waals surface area contributed by atoms with E-state index in [2.05, 4.69) is 32.9 Å². The molecular weight excluding hydrogens is 435 g/mol. The van der Waals surface area contributed by atoms with Crippen molar-refractivity contribution in [2.45, 2.75) is 64.0 Å². The Labute approximate surface area is 202 Å². The minimum Gasteiger partial charge on any atom is -0.383 e. The van der Waals surface area contributed by atoms with E-state index in [4.69, 9.17) is 14.5 Å². The molecule has 8 nitrogen and oxygen atoms in total. The van der Waals surface area contributed by atoms with E-state index in [0.717, 1.165) is 83.7 Å². The van der Waals surface area contributed by atoms with E-state index in [9.17, 15) is 4.39 Å². The van der Waals surface area contributed by atoms with E-state index in [1.165, 1.54) is 6.20 Å². The molecule has 0 radical (unpaired) electrons. The highest BCUT2D eigenvalue weighted by Crippen LogP contribution is 2.30. The van der Waals surface area contributed by atoms with E-state index in [-0.39, 0.29) is 11.2 Å². The molecule has 0 aromatic carbocycles. The Bertz CT molecular complexity index is 863. The normalized spacial score (nSPS) is 26.1. The lowest BCUT2D eigenvalue weighted by Gasteiger charge is -2.32. The number of pyridine rings is 1. The summed E-state index contributed by atoms with van der Waals surface area (Å²) in [6.45, 7) is 6.83. The van der Waals surface area contributed by atoms with E-state index >= 15 is 0 Å². The molecular formula is C25H39FN6O2. The molecule has 9 heteroatoms. The van der Waals surface area contributed by atoms with Crippen LogP contribution in [0.25, 0.3) is 0 Å². The highest BCUT2D eigenvalue weighted by molar-refractivity contribution is 6.11. The Hall–Kier alpha value is -2.10. The zero-order valence-electron chi connectivity index (χ0n) is 20.5. The molecule has 1 saturated heterocycles. The molecule has 2 fully saturated rings. The van der Waals surface area contributed by atoms with Gasteiger partial charge in [-0.2, -0.15) is 0 Å². The van der Waals surface area contributed by atoms with Gasteiger partial charge in [-0.1, -0.05) is 6.92 Å². The fraction of sp³-hybridized carbons (Fsp3) is 0.720. The number of hydrogen-bond donors (Lipinski definition) is 3. The second-order valence-electron chi connectivity index (χ2n) is 9.98. The molecule has 4 rings (SSSR count). The molecule has 1 aliphatic carbocycles. The summed E-state index contributed by atoms with van der Waals surface area (Å²) in [5.74, 6) is 1.73. The van der Waals surface area contributed by atoms with Crippen LogP contribution in [-0.2, 0) is 9.47 Å². The Kier molecular flexibility index (Phi) is 8.86. The van der Waals surface area contributed by atoms with Gasteiger partial charge in [0.1, 0.15) is 17.5 Å². The van der Waals surface area contributed by atoms with Crippen LogP contribution < -0.4 is 16.0 Å². The van der Waals surface area contributed by atoms with Crippen molar-refractivity contribution < 1.29 is 13.9 Å². The summed E-state index contributed by atoms with van der Waals surface area (Å²) in [6, 6.07) is 2.64. The largest absolute Gasteiger partial charge is 0.383 e. The number of aromatic nitrogens is 1. The molecule has 0 unspecified atom stereocenters. The molecule has 0 bridgehead atoms. The Balaban J connectivity index is 1.33. The monoisotopic (exact) mass is 474 g/mol. The van der Waals surface area contributed by atoms with Gasteiger partial charge in [-0.05, 0) is 50.0 Å². The van der Waals surface area contributed by atoms with Crippen LogP contribution in [0.2, 0.25) is 0 Å². The molecule has 2 aliphatic heterocycles. The summed E-state index contributed by atoms with van der Waals surface area (Å²) >= 11 is 0. The number of ether oxygens (including phenoxy) is 2. The standard InChI is InChI=1S/C25H39FN6O2/c1-25(8-12-34-13-9-25)17-30-22-7-10-28-24(32-22)20-15-23(29-16-21(20)26)31-19-5-3-18(4-6-19)27-11-14-33-2/h15-16,18-19,27H,3-14,17H2,1-2H3,(H,29,31)(H,28,30,32). The molecule has 1 aromatic heterocycles. The van der Waals surface area contributed by atoms with Gasteiger partial charge in [0.15, 0.2) is 5.82 Å². The molecule has 1 saturated carbocycles. The summed E-state index contributed by atoms with van der Waals surface area (Å²) in [5.41, 5.74) is 0.607. The molecule has 3 heterocycles. The lowest BCUT2D eigenvalue weighted by molar-refractivity contribution is 0.0283. The molecule has 3 aliphatic rings. The van der Waals surface area contributed by atoms with Gasteiger partial charge in [-0.25, -0.2) is 9.37 Å². The van der Waals surface area contributed by atoms with Gasteiger partial charge in [0, 0.05) is 58.5 Å². The summed E-state index contributed by atoms with van der Waals surface area (Å²) in [4.78, 5) is 13.7. The molecule has 3 N–H and O–H groups in total. The van der Waals surface area contributed by atoms with Gasteiger partial charge in [0.25, 0.3) is 0 Å².